The van der Waals surface area contributed by atoms with Gasteiger partial charge in [0.15, 0.2) is 6.04 Å². The molecule has 96 valence electrons. The van der Waals surface area contributed by atoms with Crippen LogP contribution >= 0.6 is 0 Å². The predicted molar refractivity (Wildman–Crippen MR) is 62.2 cm³/mol. The van der Waals surface area contributed by atoms with Gasteiger partial charge in [-0.05, 0) is 25.0 Å². The number of rotatable bonds is 5. The monoisotopic (exact) mass is 250 g/mol. The van der Waals surface area contributed by atoms with E-state index >= 15 is 0 Å². The van der Waals surface area contributed by atoms with Crippen molar-refractivity contribution in [2.75, 3.05) is 6.61 Å². The van der Waals surface area contributed by atoms with Crippen molar-refractivity contribution in [3.05, 3.63) is 29.6 Å². The second-order valence-corrected chi connectivity index (χ2v) is 4.29. The van der Waals surface area contributed by atoms with Crippen molar-refractivity contribution in [1.29, 1.82) is 0 Å². The number of hydrogen-bond acceptors (Lipinski definition) is 4. The van der Waals surface area contributed by atoms with Gasteiger partial charge in [0.1, 0.15) is 0 Å². The average molecular weight is 250 g/mol. The normalized spacial score (nSPS) is 16.1. The summed E-state index contributed by atoms with van der Waals surface area (Å²) in [5.41, 5.74) is 1.23. The van der Waals surface area contributed by atoms with Crippen LogP contribution in [-0.2, 0) is 4.79 Å². The Bertz CT molecular complexity index is 471. The van der Waals surface area contributed by atoms with E-state index in [-0.39, 0.29) is 0 Å². The topological polar surface area (TPSA) is 99.5 Å². The molecule has 0 saturated heterocycles. The second kappa shape index (κ2) is 5.14. The fourth-order valence-corrected chi connectivity index (χ4v) is 1.62. The van der Waals surface area contributed by atoms with Gasteiger partial charge in [-0.1, -0.05) is 0 Å². The Labute approximate surface area is 104 Å². The molecule has 1 aliphatic carbocycles. The van der Waals surface area contributed by atoms with Crippen molar-refractivity contribution >= 4 is 11.9 Å². The van der Waals surface area contributed by atoms with Gasteiger partial charge in [-0.2, -0.15) is 0 Å². The lowest BCUT2D eigenvalue weighted by molar-refractivity contribution is -0.140. The summed E-state index contributed by atoms with van der Waals surface area (Å²) in [5, 5.41) is 19.8. The van der Waals surface area contributed by atoms with Gasteiger partial charge in [0.25, 0.3) is 5.91 Å². The summed E-state index contributed by atoms with van der Waals surface area (Å²) < 4.78 is 0. The van der Waals surface area contributed by atoms with Crippen LogP contribution in [0.15, 0.2) is 18.3 Å². The van der Waals surface area contributed by atoms with E-state index in [0.717, 1.165) is 18.5 Å². The highest BCUT2D eigenvalue weighted by molar-refractivity contribution is 5.96. The first-order valence-corrected chi connectivity index (χ1v) is 5.72. The molecule has 1 atom stereocenters. The summed E-state index contributed by atoms with van der Waals surface area (Å²) in [4.78, 5) is 26.7. The minimum Gasteiger partial charge on any atom is -0.480 e. The van der Waals surface area contributed by atoms with Crippen molar-refractivity contribution in [2.24, 2.45) is 0 Å². The first-order valence-electron chi connectivity index (χ1n) is 5.72. The van der Waals surface area contributed by atoms with Crippen LogP contribution in [0.1, 0.15) is 34.8 Å². The van der Waals surface area contributed by atoms with E-state index in [9.17, 15) is 9.59 Å². The smallest absolute Gasteiger partial charge is 0.328 e. The van der Waals surface area contributed by atoms with E-state index in [4.69, 9.17) is 10.2 Å². The van der Waals surface area contributed by atoms with Crippen LogP contribution in [0.2, 0.25) is 0 Å². The van der Waals surface area contributed by atoms with Gasteiger partial charge in [-0.15, -0.1) is 0 Å². The Balaban J connectivity index is 2.08. The van der Waals surface area contributed by atoms with Crippen LogP contribution in [0.4, 0.5) is 0 Å². The Kier molecular flexibility index (Phi) is 3.57. The van der Waals surface area contributed by atoms with Crippen LogP contribution in [0.25, 0.3) is 0 Å². The zero-order valence-corrected chi connectivity index (χ0v) is 9.67. The molecule has 1 unspecified atom stereocenters. The summed E-state index contributed by atoms with van der Waals surface area (Å²) in [5.74, 6) is -1.35. The third kappa shape index (κ3) is 2.84. The number of aliphatic hydroxyl groups excluding tert-OH is 1. The number of carbonyl (C=O) groups excluding carboxylic acids is 1. The molecule has 0 radical (unpaired) electrons. The largest absolute Gasteiger partial charge is 0.480 e. The quantitative estimate of drug-likeness (QED) is 0.690. The third-order valence-electron chi connectivity index (χ3n) is 2.82. The minimum absolute atomic E-state index is 0.367. The number of carboxylic acids is 1. The van der Waals surface area contributed by atoms with Gasteiger partial charge >= 0.3 is 5.97 Å². The first kappa shape index (κ1) is 12.5. The van der Waals surface area contributed by atoms with Gasteiger partial charge in [0.05, 0.1) is 6.61 Å². The van der Waals surface area contributed by atoms with Crippen LogP contribution in [0.5, 0.6) is 0 Å². The molecule has 6 heteroatoms. The highest BCUT2D eigenvalue weighted by atomic mass is 16.4. The Morgan fingerprint density at radius 3 is 2.78 bits per heavy atom. The lowest BCUT2D eigenvalue weighted by atomic mass is 10.1. The van der Waals surface area contributed by atoms with Crippen molar-refractivity contribution in [3.63, 3.8) is 0 Å². The van der Waals surface area contributed by atoms with Gasteiger partial charge in [-0.25, -0.2) is 4.79 Å². The van der Waals surface area contributed by atoms with E-state index in [1.165, 1.54) is 12.3 Å². The van der Waals surface area contributed by atoms with Crippen molar-refractivity contribution in [1.82, 2.24) is 10.3 Å². The van der Waals surface area contributed by atoms with E-state index in [0.29, 0.717) is 11.5 Å². The van der Waals surface area contributed by atoms with Gasteiger partial charge in [0.2, 0.25) is 0 Å². The van der Waals surface area contributed by atoms with E-state index in [1.54, 1.807) is 6.07 Å². The Morgan fingerprint density at radius 1 is 1.50 bits per heavy atom. The number of aliphatic hydroxyl groups is 1. The lowest BCUT2D eigenvalue weighted by Crippen LogP contribution is -2.43. The molecule has 1 aliphatic rings. The number of carbonyl (C=O) groups is 2. The molecule has 0 bridgehead atoms. The SMILES string of the molecule is O=C(NC(CO)C(=O)O)c1ccnc(C2CC2)c1. The molecule has 2 rings (SSSR count). The van der Waals surface area contributed by atoms with Crippen LogP contribution < -0.4 is 5.32 Å². The molecule has 18 heavy (non-hydrogen) atoms. The molecule has 1 heterocycles. The number of nitrogens with one attached hydrogen (secondary N) is 1. The second-order valence-electron chi connectivity index (χ2n) is 4.29. The standard InChI is InChI=1S/C12H14N2O4/c15-6-10(12(17)18)14-11(16)8-3-4-13-9(5-8)7-1-2-7/h3-5,7,10,15H,1-2,6H2,(H,14,16)(H,17,18). The molecular formula is C12H14N2O4. The van der Waals surface area contributed by atoms with Gasteiger partial charge in [0, 0.05) is 23.4 Å². The molecule has 1 fully saturated rings. The summed E-state index contributed by atoms with van der Waals surface area (Å²) in [6, 6.07) is 1.91. The maximum atomic E-state index is 11.8. The Hall–Kier alpha value is -1.95. The fourth-order valence-electron chi connectivity index (χ4n) is 1.62. The molecule has 1 amide bonds. The van der Waals surface area contributed by atoms with E-state index < -0.39 is 24.5 Å². The van der Waals surface area contributed by atoms with Gasteiger partial charge < -0.3 is 15.5 Å². The summed E-state index contributed by atoms with van der Waals surface area (Å²) in [7, 11) is 0. The van der Waals surface area contributed by atoms with Crippen molar-refractivity contribution < 1.29 is 19.8 Å². The van der Waals surface area contributed by atoms with E-state index in [1.807, 2.05) is 0 Å². The Morgan fingerprint density at radius 2 is 2.22 bits per heavy atom. The molecule has 0 spiro atoms. The third-order valence-corrected chi connectivity index (χ3v) is 2.82. The zero-order valence-electron chi connectivity index (χ0n) is 9.67. The molecule has 0 aromatic carbocycles. The number of carboxylic acid groups (broad SMARTS) is 1. The first-order chi connectivity index (χ1) is 8.61. The number of aromatic nitrogens is 1. The van der Waals surface area contributed by atoms with E-state index in [2.05, 4.69) is 10.3 Å². The summed E-state index contributed by atoms with van der Waals surface area (Å²) >= 11 is 0. The zero-order chi connectivity index (χ0) is 13.1. The van der Waals surface area contributed by atoms with Crippen molar-refractivity contribution in [3.8, 4) is 0 Å². The van der Waals surface area contributed by atoms with Crippen LogP contribution in [0.3, 0.4) is 0 Å². The maximum Gasteiger partial charge on any atom is 0.328 e. The molecule has 1 aromatic heterocycles. The number of amides is 1. The highest BCUT2D eigenvalue weighted by Gasteiger charge is 2.26. The van der Waals surface area contributed by atoms with Gasteiger partial charge in [-0.3, -0.25) is 9.78 Å². The molecule has 3 N–H and O–H groups in total. The maximum absolute atomic E-state index is 11.8. The molecule has 6 nitrogen and oxygen atoms in total. The molecule has 1 saturated carbocycles. The minimum atomic E-state index is -1.28. The average Bonchev–Trinajstić information content (AvgIpc) is 3.19. The van der Waals surface area contributed by atoms with Crippen molar-refractivity contribution in [2.45, 2.75) is 24.8 Å². The van der Waals surface area contributed by atoms with Crippen LogP contribution in [0, 0.1) is 0 Å². The number of nitrogens with zero attached hydrogens (tertiary/aromatic N) is 1. The van der Waals surface area contributed by atoms with Crippen LogP contribution in [-0.4, -0.2) is 39.7 Å². The molecule has 0 aliphatic heterocycles. The fraction of sp³-hybridized carbons (Fsp3) is 0.417. The molecule has 1 aromatic rings. The summed E-state index contributed by atoms with van der Waals surface area (Å²) in [6.45, 7) is -0.637. The predicted octanol–water partition coefficient (Wildman–Crippen LogP) is 0.134. The summed E-state index contributed by atoms with van der Waals surface area (Å²) in [6.07, 6.45) is 3.69. The highest BCUT2D eigenvalue weighted by Crippen LogP contribution is 2.38. The molecular weight excluding hydrogens is 236 g/mol. The number of aliphatic carboxylic acids is 1. The number of hydrogen-bond donors (Lipinski definition) is 3. The number of pyridine rings is 1. The lowest BCUT2D eigenvalue weighted by Gasteiger charge is -2.11.